The van der Waals surface area contributed by atoms with Crippen LogP contribution in [0.1, 0.15) is 23.7 Å². The number of methoxy groups -OCH3 is 1. The van der Waals surface area contributed by atoms with Gasteiger partial charge in [-0.1, -0.05) is 24.3 Å². The number of carbonyl (C=O) groups excluding carboxylic acids is 1. The number of benzene rings is 1. The van der Waals surface area contributed by atoms with E-state index in [9.17, 15) is 4.79 Å². The molecule has 1 N–H and O–H groups in total. The number of nitrogens with zero attached hydrogens (tertiary/aromatic N) is 2. The summed E-state index contributed by atoms with van der Waals surface area (Å²) in [5.74, 6) is 0.992. The van der Waals surface area contributed by atoms with E-state index in [1.165, 1.54) is 0 Å². The summed E-state index contributed by atoms with van der Waals surface area (Å²) in [6.45, 7) is 2.28. The zero-order valence-corrected chi connectivity index (χ0v) is 13.9. The fourth-order valence-corrected chi connectivity index (χ4v) is 3.15. The number of aryl methyl sites for hydroxylation is 1. The highest BCUT2D eigenvalue weighted by Crippen LogP contribution is 2.30. The maximum absolute atomic E-state index is 12.8. The van der Waals surface area contributed by atoms with Gasteiger partial charge in [0.15, 0.2) is 0 Å². The third-order valence-corrected chi connectivity index (χ3v) is 4.38. The Morgan fingerprint density at radius 2 is 2.12 bits per heavy atom. The first-order valence-corrected chi connectivity index (χ1v) is 8.32. The van der Waals surface area contributed by atoms with Crippen molar-refractivity contribution in [2.75, 3.05) is 26.7 Å². The number of hydrogen-bond acceptors (Lipinski definition) is 4. The largest absolute Gasteiger partial charge is 0.496 e. The molecule has 0 spiro atoms. The Labute approximate surface area is 142 Å². The number of amides is 1. The highest BCUT2D eigenvalue weighted by molar-refractivity contribution is 5.77. The Bertz CT molecular complexity index is 675. The monoisotopic (exact) mass is 325 g/mol. The van der Waals surface area contributed by atoms with Gasteiger partial charge >= 0.3 is 0 Å². The lowest BCUT2D eigenvalue weighted by Gasteiger charge is -2.37. The Morgan fingerprint density at radius 1 is 1.29 bits per heavy atom. The van der Waals surface area contributed by atoms with E-state index in [-0.39, 0.29) is 11.9 Å². The highest BCUT2D eigenvalue weighted by Gasteiger charge is 2.29. The number of carbonyl (C=O) groups is 1. The van der Waals surface area contributed by atoms with E-state index in [4.69, 9.17) is 4.74 Å². The van der Waals surface area contributed by atoms with Crippen LogP contribution < -0.4 is 10.1 Å². The molecule has 1 fully saturated rings. The van der Waals surface area contributed by atoms with Crippen molar-refractivity contribution in [3.63, 3.8) is 0 Å². The molecule has 126 valence electrons. The van der Waals surface area contributed by atoms with E-state index in [1.54, 1.807) is 13.3 Å². The second kappa shape index (κ2) is 7.93. The molecule has 1 aliphatic rings. The molecule has 5 nitrogen and oxygen atoms in total. The molecule has 3 rings (SSSR count). The smallest absolute Gasteiger partial charge is 0.223 e. The highest BCUT2D eigenvalue weighted by atomic mass is 16.5. The molecule has 1 saturated heterocycles. The van der Waals surface area contributed by atoms with Crippen molar-refractivity contribution < 1.29 is 9.53 Å². The van der Waals surface area contributed by atoms with Crippen LogP contribution in [0.2, 0.25) is 0 Å². The number of rotatable bonds is 5. The Morgan fingerprint density at radius 3 is 2.92 bits per heavy atom. The van der Waals surface area contributed by atoms with Crippen molar-refractivity contribution >= 4 is 5.91 Å². The lowest BCUT2D eigenvalue weighted by Crippen LogP contribution is -2.48. The van der Waals surface area contributed by atoms with E-state index in [0.717, 1.165) is 30.1 Å². The zero-order valence-electron chi connectivity index (χ0n) is 13.9. The zero-order chi connectivity index (χ0) is 16.8. The molecule has 1 aliphatic heterocycles. The summed E-state index contributed by atoms with van der Waals surface area (Å²) in [6, 6.07) is 13.7. The molecule has 2 aromatic rings. The van der Waals surface area contributed by atoms with Gasteiger partial charge in [-0.15, -0.1) is 0 Å². The lowest BCUT2D eigenvalue weighted by atomic mass is 10.0. The van der Waals surface area contributed by atoms with Crippen molar-refractivity contribution in [2.45, 2.75) is 18.9 Å². The Balaban J connectivity index is 1.73. The van der Waals surface area contributed by atoms with Crippen LogP contribution in [0.15, 0.2) is 48.7 Å². The summed E-state index contributed by atoms with van der Waals surface area (Å²) in [4.78, 5) is 19.1. The minimum absolute atomic E-state index is 0.00568. The molecular formula is C19H23N3O2. The van der Waals surface area contributed by atoms with Gasteiger partial charge in [0.2, 0.25) is 5.91 Å². The van der Waals surface area contributed by atoms with Gasteiger partial charge in [-0.05, 0) is 24.6 Å². The predicted octanol–water partition coefficient (Wildman–Crippen LogP) is 2.20. The lowest BCUT2D eigenvalue weighted by molar-refractivity contribution is -0.134. The number of pyridine rings is 1. The van der Waals surface area contributed by atoms with E-state index in [1.807, 2.05) is 47.4 Å². The molecule has 5 heteroatoms. The van der Waals surface area contributed by atoms with Crippen LogP contribution in [0.4, 0.5) is 0 Å². The van der Waals surface area contributed by atoms with Crippen LogP contribution in [0.5, 0.6) is 5.75 Å². The first kappa shape index (κ1) is 16.5. The third kappa shape index (κ3) is 3.74. The average molecular weight is 325 g/mol. The molecule has 1 unspecified atom stereocenters. The van der Waals surface area contributed by atoms with Crippen LogP contribution >= 0.6 is 0 Å². The molecule has 0 bridgehead atoms. The maximum Gasteiger partial charge on any atom is 0.223 e. The van der Waals surface area contributed by atoms with Crippen LogP contribution in [-0.4, -0.2) is 42.5 Å². The van der Waals surface area contributed by atoms with Crippen molar-refractivity contribution in [1.82, 2.24) is 15.2 Å². The maximum atomic E-state index is 12.8. The standard InChI is InChI=1S/C19H23N3O2/c1-24-18-8-3-2-7-16(18)17-14-20-12-13-22(17)19(23)10-9-15-6-4-5-11-21-15/h2-8,11,17,20H,9-10,12-14H2,1H3. The van der Waals surface area contributed by atoms with Crippen LogP contribution in [0, 0.1) is 0 Å². The van der Waals surface area contributed by atoms with Gasteiger partial charge in [0.25, 0.3) is 0 Å². The number of piperazine rings is 1. The van der Waals surface area contributed by atoms with Crippen molar-refractivity contribution in [3.8, 4) is 5.75 Å². The van der Waals surface area contributed by atoms with Crippen LogP contribution in [0.3, 0.4) is 0 Å². The first-order chi connectivity index (χ1) is 11.8. The third-order valence-electron chi connectivity index (χ3n) is 4.38. The minimum atomic E-state index is 0.00568. The second-order valence-electron chi connectivity index (χ2n) is 5.87. The van der Waals surface area contributed by atoms with Crippen molar-refractivity contribution in [3.05, 3.63) is 59.9 Å². The normalized spacial score (nSPS) is 17.5. The van der Waals surface area contributed by atoms with E-state index < -0.39 is 0 Å². The minimum Gasteiger partial charge on any atom is -0.496 e. The molecule has 0 aliphatic carbocycles. The average Bonchev–Trinajstić information content (AvgIpc) is 2.67. The summed E-state index contributed by atoms with van der Waals surface area (Å²) in [5, 5.41) is 3.38. The van der Waals surface area contributed by atoms with Gasteiger partial charge in [0, 0.05) is 43.5 Å². The van der Waals surface area contributed by atoms with E-state index in [2.05, 4.69) is 10.3 Å². The van der Waals surface area contributed by atoms with Gasteiger partial charge in [-0.2, -0.15) is 0 Å². The van der Waals surface area contributed by atoms with Crippen LogP contribution in [0.25, 0.3) is 0 Å². The van der Waals surface area contributed by atoms with E-state index >= 15 is 0 Å². The second-order valence-corrected chi connectivity index (χ2v) is 5.87. The molecule has 1 aromatic heterocycles. The summed E-state index contributed by atoms with van der Waals surface area (Å²) in [5.41, 5.74) is 2.01. The van der Waals surface area contributed by atoms with Gasteiger partial charge in [0.05, 0.1) is 13.2 Å². The van der Waals surface area contributed by atoms with Crippen LogP contribution in [-0.2, 0) is 11.2 Å². The molecule has 0 saturated carbocycles. The Kier molecular flexibility index (Phi) is 5.43. The number of nitrogens with one attached hydrogen (secondary N) is 1. The van der Waals surface area contributed by atoms with Gasteiger partial charge < -0.3 is 15.0 Å². The molecule has 2 heterocycles. The molecular weight excluding hydrogens is 302 g/mol. The fraction of sp³-hybridized carbons (Fsp3) is 0.368. The summed E-state index contributed by atoms with van der Waals surface area (Å²) in [6.07, 6.45) is 2.91. The fourth-order valence-electron chi connectivity index (χ4n) is 3.15. The van der Waals surface area contributed by atoms with Gasteiger partial charge in [-0.3, -0.25) is 9.78 Å². The van der Waals surface area contributed by atoms with E-state index in [0.29, 0.717) is 19.4 Å². The molecule has 1 aromatic carbocycles. The molecule has 1 amide bonds. The number of hydrogen-bond donors (Lipinski definition) is 1. The number of ether oxygens (including phenoxy) is 1. The summed E-state index contributed by atoms with van der Waals surface area (Å²) >= 11 is 0. The van der Waals surface area contributed by atoms with Gasteiger partial charge in [0.1, 0.15) is 5.75 Å². The van der Waals surface area contributed by atoms with Gasteiger partial charge in [-0.25, -0.2) is 0 Å². The number of aromatic nitrogens is 1. The summed E-state index contributed by atoms with van der Waals surface area (Å²) < 4.78 is 5.48. The topological polar surface area (TPSA) is 54.5 Å². The quantitative estimate of drug-likeness (QED) is 0.916. The van der Waals surface area contributed by atoms with Crippen molar-refractivity contribution in [1.29, 1.82) is 0 Å². The number of para-hydroxylation sites is 1. The Hall–Kier alpha value is -2.40. The molecule has 1 atom stereocenters. The first-order valence-electron chi connectivity index (χ1n) is 8.32. The van der Waals surface area contributed by atoms with Crippen molar-refractivity contribution in [2.24, 2.45) is 0 Å². The summed E-state index contributed by atoms with van der Waals surface area (Å²) in [7, 11) is 1.67. The SMILES string of the molecule is COc1ccccc1C1CNCCN1C(=O)CCc1ccccn1. The molecule has 24 heavy (non-hydrogen) atoms. The predicted molar refractivity (Wildman–Crippen MR) is 92.9 cm³/mol. The molecule has 0 radical (unpaired) electrons.